The number of ether oxygens (including phenoxy) is 1. The third-order valence-electron chi connectivity index (χ3n) is 4.44. The lowest BCUT2D eigenvalue weighted by Gasteiger charge is -2.53. The summed E-state index contributed by atoms with van der Waals surface area (Å²) in [7, 11) is 1.79. The first-order valence-corrected chi connectivity index (χ1v) is 6.32. The van der Waals surface area contributed by atoms with Gasteiger partial charge in [0.25, 0.3) is 0 Å². The monoisotopic (exact) mass is 224 g/mol. The number of hydrogen-bond acceptors (Lipinski definition) is 3. The van der Waals surface area contributed by atoms with Crippen LogP contribution in [0.1, 0.15) is 12.8 Å². The Hall–Kier alpha value is -0.610. The van der Waals surface area contributed by atoms with Crippen LogP contribution in [0.4, 0.5) is 0 Å². The van der Waals surface area contributed by atoms with Crippen LogP contribution in [0.3, 0.4) is 0 Å². The maximum absolute atomic E-state index is 12.2. The van der Waals surface area contributed by atoms with E-state index in [4.69, 9.17) is 4.74 Å². The van der Waals surface area contributed by atoms with Crippen LogP contribution in [-0.2, 0) is 9.53 Å². The lowest BCUT2D eigenvalue weighted by molar-refractivity contribution is -0.158. The summed E-state index contributed by atoms with van der Waals surface area (Å²) in [5, 5.41) is 3.26. The second kappa shape index (κ2) is 4.00. The summed E-state index contributed by atoms with van der Waals surface area (Å²) in [4.78, 5) is 14.3. The minimum atomic E-state index is 0.235. The molecular formula is C12H20N2O2. The fraction of sp³-hybridized carbons (Fsp3) is 0.917. The van der Waals surface area contributed by atoms with Crippen molar-refractivity contribution < 1.29 is 9.53 Å². The number of amides is 1. The Morgan fingerprint density at radius 1 is 1.38 bits per heavy atom. The number of carbonyl (C=O) groups excluding carboxylic acids is 1. The molecule has 4 rings (SSSR count). The van der Waals surface area contributed by atoms with Crippen LogP contribution in [-0.4, -0.2) is 50.2 Å². The van der Waals surface area contributed by atoms with Gasteiger partial charge in [-0.25, -0.2) is 0 Å². The highest BCUT2D eigenvalue weighted by Gasteiger charge is 2.48. The predicted octanol–water partition coefficient (Wildman–Crippen LogP) is 0.0892. The quantitative estimate of drug-likeness (QED) is 0.723. The van der Waals surface area contributed by atoms with E-state index in [1.165, 1.54) is 6.42 Å². The van der Waals surface area contributed by atoms with E-state index in [0.29, 0.717) is 23.8 Å². The van der Waals surface area contributed by atoms with Gasteiger partial charge in [-0.15, -0.1) is 0 Å². The van der Waals surface area contributed by atoms with Crippen molar-refractivity contribution in [3.8, 4) is 0 Å². The van der Waals surface area contributed by atoms with Crippen molar-refractivity contribution in [1.29, 1.82) is 0 Å². The fourth-order valence-corrected chi connectivity index (χ4v) is 3.53. The van der Waals surface area contributed by atoms with Gasteiger partial charge in [0.1, 0.15) is 0 Å². The molecule has 4 heteroatoms. The highest BCUT2D eigenvalue weighted by Crippen LogP contribution is 2.42. The number of nitrogens with one attached hydrogen (secondary N) is 1. The van der Waals surface area contributed by atoms with Crippen molar-refractivity contribution in [1.82, 2.24) is 10.2 Å². The highest BCUT2D eigenvalue weighted by molar-refractivity contribution is 5.79. The highest BCUT2D eigenvalue weighted by atomic mass is 16.5. The second-order valence-electron chi connectivity index (χ2n) is 5.39. The summed E-state index contributed by atoms with van der Waals surface area (Å²) >= 11 is 0. The molecule has 1 N–H and O–H groups in total. The lowest BCUT2D eigenvalue weighted by atomic mass is 9.68. The smallest absolute Gasteiger partial charge is 0.227 e. The second-order valence-corrected chi connectivity index (χ2v) is 5.39. The number of rotatable bonds is 2. The Morgan fingerprint density at radius 2 is 2.12 bits per heavy atom. The first kappa shape index (κ1) is 10.5. The van der Waals surface area contributed by atoms with Crippen LogP contribution < -0.4 is 5.32 Å². The number of methoxy groups -OCH3 is 1. The summed E-state index contributed by atoms with van der Waals surface area (Å²) < 4.78 is 5.46. The lowest BCUT2D eigenvalue weighted by Crippen LogP contribution is -2.61. The maximum Gasteiger partial charge on any atom is 0.227 e. The summed E-state index contributed by atoms with van der Waals surface area (Å²) in [6.07, 6.45) is 2.69. The van der Waals surface area contributed by atoms with Crippen molar-refractivity contribution in [2.24, 2.45) is 17.8 Å². The van der Waals surface area contributed by atoms with Crippen molar-refractivity contribution >= 4 is 5.91 Å². The van der Waals surface area contributed by atoms with E-state index >= 15 is 0 Å². The zero-order valence-corrected chi connectivity index (χ0v) is 9.82. The molecule has 3 heterocycles. The van der Waals surface area contributed by atoms with Gasteiger partial charge in [0.2, 0.25) is 5.91 Å². The van der Waals surface area contributed by atoms with E-state index in [-0.39, 0.29) is 5.92 Å². The molecule has 3 saturated heterocycles. The topological polar surface area (TPSA) is 41.6 Å². The Bertz CT molecular complexity index is 277. The number of hydrogen-bond donors (Lipinski definition) is 1. The zero-order chi connectivity index (χ0) is 11.1. The molecule has 16 heavy (non-hydrogen) atoms. The van der Waals surface area contributed by atoms with E-state index in [1.54, 1.807) is 7.11 Å². The molecule has 0 aromatic carbocycles. The van der Waals surface area contributed by atoms with E-state index in [9.17, 15) is 4.79 Å². The molecule has 0 aromatic rings. The summed E-state index contributed by atoms with van der Waals surface area (Å²) in [5.74, 6) is 1.80. The van der Waals surface area contributed by atoms with Gasteiger partial charge in [-0.1, -0.05) is 0 Å². The molecule has 1 saturated carbocycles. The van der Waals surface area contributed by atoms with Crippen molar-refractivity contribution in [3.63, 3.8) is 0 Å². The molecule has 0 spiro atoms. The van der Waals surface area contributed by atoms with Crippen LogP contribution in [0.15, 0.2) is 0 Å². The van der Waals surface area contributed by atoms with Gasteiger partial charge in [0.05, 0.1) is 12.0 Å². The molecule has 3 atom stereocenters. The summed E-state index contributed by atoms with van der Waals surface area (Å²) in [6.45, 7) is 3.71. The Morgan fingerprint density at radius 3 is 2.69 bits per heavy atom. The van der Waals surface area contributed by atoms with E-state index in [0.717, 1.165) is 32.6 Å². The van der Waals surface area contributed by atoms with Crippen LogP contribution in [0, 0.1) is 17.8 Å². The number of fused-ring (bicyclic) bond motifs is 2. The van der Waals surface area contributed by atoms with Crippen molar-refractivity contribution in [2.45, 2.75) is 18.9 Å². The van der Waals surface area contributed by atoms with Crippen LogP contribution in [0.5, 0.6) is 0 Å². The van der Waals surface area contributed by atoms with Crippen LogP contribution in [0.2, 0.25) is 0 Å². The summed E-state index contributed by atoms with van der Waals surface area (Å²) in [5.41, 5.74) is 0. The number of piperidine rings is 2. The first-order valence-electron chi connectivity index (χ1n) is 6.32. The molecule has 1 aliphatic carbocycles. The van der Waals surface area contributed by atoms with Crippen molar-refractivity contribution in [3.05, 3.63) is 0 Å². The molecule has 0 radical (unpaired) electrons. The fourth-order valence-electron chi connectivity index (χ4n) is 3.53. The number of carbonyl (C=O) groups is 1. The largest absolute Gasteiger partial charge is 0.381 e. The normalized spacial score (nSPS) is 41.9. The Labute approximate surface area is 96.3 Å². The van der Waals surface area contributed by atoms with Gasteiger partial charge in [-0.2, -0.15) is 0 Å². The molecule has 0 aromatic heterocycles. The van der Waals surface area contributed by atoms with Gasteiger partial charge >= 0.3 is 0 Å². The molecule has 1 amide bonds. The molecule has 90 valence electrons. The first-order chi connectivity index (χ1) is 7.79. The SMILES string of the molecule is COC1[C@H]2C[C@H]1CN(C(=O)[C@@H]1CCNC1)C2. The average molecular weight is 224 g/mol. The van der Waals surface area contributed by atoms with Crippen LogP contribution >= 0.6 is 0 Å². The molecule has 0 unspecified atom stereocenters. The molecule has 4 nitrogen and oxygen atoms in total. The van der Waals surface area contributed by atoms with Gasteiger partial charge in [0.15, 0.2) is 0 Å². The van der Waals surface area contributed by atoms with Gasteiger partial charge < -0.3 is 15.0 Å². The molecule has 4 fully saturated rings. The predicted molar refractivity (Wildman–Crippen MR) is 60.0 cm³/mol. The molecule has 4 aliphatic rings. The molecule has 2 bridgehead atoms. The maximum atomic E-state index is 12.2. The van der Waals surface area contributed by atoms with Gasteiger partial charge in [0, 0.05) is 38.6 Å². The standard InChI is InChI=1S/C12H20N2O2/c1-16-11-9-4-10(11)7-14(6-9)12(15)8-2-3-13-5-8/h8-11,13H,2-7H2,1H3/t8-,9+,10+/m1/s1. The van der Waals surface area contributed by atoms with E-state index in [2.05, 4.69) is 10.2 Å². The van der Waals surface area contributed by atoms with Gasteiger partial charge in [-0.3, -0.25) is 4.79 Å². The average Bonchev–Trinajstić information content (AvgIpc) is 2.82. The third-order valence-corrected chi connectivity index (χ3v) is 4.44. The third kappa shape index (κ3) is 1.55. The van der Waals surface area contributed by atoms with E-state index in [1.807, 2.05) is 0 Å². The zero-order valence-electron chi connectivity index (χ0n) is 9.82. The summed E-state index contributed by atoms with van der Waals surface area (Å²) in [6, 6.07) is 0. The Kier molecular flexibility index (Phi) is 2.64. The van der Waals surface area contributed by atoms with Crippen molar-refractivity contribution in [2.75, 3.05) is 33.3 Å². The Balaban J connectivity index is 1.59. The molecule has 3 aliphatic heterocycles. The minimum absolute atomic E-state index is 0.235. The minimum Gasteiger partial charge on any atom is -0.381 e. The molecular weight excluding hydrogens is 204 g/mol. The van der Waals surface area contributed by atoms with Crippen LogP contribution in [0.25, 0.3) is 0 Å². The van der Waals surface area contributed by atoms with Gasteiger partial charge in [-0.05, 0) is 19.4 Å². The number of nitrogens with zero attached hydrogens (tertiary/aromatic N) is 1. The van der Waals surface area contributed by atoms with E-state index < -0.39 is 0 Å².